The highest BCUT2D eigenvalue weighted by Gasteiger charge is 2.30. The smallest absolute Gasteiger partial charge is 0.416 e. The lowest BCUT2D eigenvalue weighted by molar-refractivity contribution is -0.141. The van der Waals surface area contributed by atoms with E-state index < -0.39 is 23.6 Å². The van der Waals surface area contributed by atoms with E-state index in [1.165, 1.54) is 23.1 Å². The molecular weight excluding hydrogens is 371 g/mol. The van der Waals surface area contributed by atoms with E-state index in [0.29, 0.717) is 24.4 Å². The van der Waals surface area contributed by atoms with Gasteiger partial charge in [-0.15, -0.1) is 5.10 Å². The lowest BCUT2D eigenvalue weighted by Gasteiger charge is -2.09. The summed E-state index contributed by atoms with van der Waals surface area (Å²) in [6, 6.07) is 11.9. The molecule has 0 bridgehead atoms. The van der Waals surface area contributed by atoms with Crippen molar-refractivity contribution in [2.24, 2.45) is 5.92 Å². The van der Waals surface area contributed by atoms with Gasteiger partial charge in [0.05, 0.1) is 17.2 Å². The average molecular weight is 389 g/mol. The summed E-state index contributed by atoms with van der Waals surface area (Å²) in [5, 5.41) is 13.5. The van der Waals surface area contributed by atoms with Gasteiger partial charge in [-0.25, -0.2) is 9.67 Å². The Hall–Kier alpha value is -3.16. The maximum Gasteiger partial charge on any atom is 0.416 e. The molecule has 28 heavy (non-hydrogen) atoms. The Morgan fingerprint density at radius 3 is 2.29 bits per heavy atom. The Kier molecular flexibility index (Phi) is 5.48. The molecule has 0 saturated heterocycles. The summed E-state index contributed by atoms with van der Waals surface area (Å²) < 4.78 is 39.4. The van der Waals surface area contributed by atoms with Gasteiger partial charge in [0, 0.05) is 5.56 Å². The lowest BCUT2D eigenvalue weighted by atomic mass is 9.96. The van der Waals surface area contributed by atoms with E-state index in [0.717, 1.165) is 23.3 Å². The van der Waals surface area contributed by atoms with Crippen LogP contribution < -0.4 is 0 Å². The number of rotatable bonds is 6. The monoisotopic (exact) mass is 389 g/mol. The highest BCUT2D eigenvalue weighted by atomic mass is 19.4. The molecule has 146 valence electrons. The molecule has 3 rings (SSSR count). The van der Waals surface area contributed by atoms with Gasteiger partial charge in [-0.1, -0.05) is 31.2 Å². The summed E-state index contributed by atoms with van der Waals surface area (Å²) in [6.07, 6.45) is -1.95. The van der Waals surface area contributed by atoms with E-state index in [4.69, 9.17) is 5.11 Å². The molecule has 0 radical (unpaired) electrons. The maximum absolute atomic E-state index is 12.7. The molecule has 2 aromatic carbocycles. The summed E-state index contributed by atoms with van der Waals surface area (Å²) in [4.78, 5) is 15.4. The molecule has 0 fully saturated rings. The van der Waals surface area contributed by atoms with Crippen molar-refractivity contribution in [3.05, 3.63) is 66.0 Å². The Balaban J connectivity index is 1.76. The van der Waals surface area contributed by atoms with Crippen molar-refractivity contribution in [3.8, 4) is 17.1 Å². The van der Waals surface area contributed by atoms with E-state index in [1.807, 2.05) is 19.1 Å². The van der Waals surface area contributed by atoms with Crippen LogP contribution in [0.1, 0.15) is 24.5 Å². The third-order valence-corrected chi connectivity index (χ3v) is 4.49. The number of hydrogen-bond acceptors (Lipinski definition) is 3. The van der Waals surface area contributed by atoms with Gasteiger partial charge in [-0.2, -0.15) is 13.2 Å². The highest BCUT2D eigenvalue weighted by molar-refractivity contribution is 5.70. The first kappa shape index (κ1) is 19.6. The number of carbonyl (C=O) groups is 1. The second-order valence-corrected chi connectivity index (χ2v) is 6.40. The molecular formula is C20H18F3N3O2. The van der Waals surface area contributed by atoms with Crippen molar-refractivity contribution in [2.75, 3.05) is 0 Å². The van der Waals surface area contributed by atoms with Crippen LogP contribution in [-0.2, 0) is 17.4 Å². The van der Waals surface area contributed by atoms with Gasteiger partial charge in [0.1, 0.15) is 6.33 Å². The number of carboxylic acid groups (broad SMARTS) is 1. The SMILES string of the molecule is CCC(Cc1ccc(-c2ncn(-c3ccc(C(F)(F)F)cc3)n2)cc1)C(=O)O. The third kappa shape index (κ3) is 4.39. The first-order valence-corrected chi connectivity index (χ1v) is 8.69. The summed E-state index contributed by atoms with van der Waals surface area (Å²) in [5.41, 5.74) is 1.38. The number of nitrogens with zero attached hydrogens (tertiary/aromatic N) is 3. The molecule has 1 unspecified atom stereocenters. The zero-order valence-corrected chi connectivity index (χ0v) is 15.0. The second kappa shape index (κ2) is 7.84. The largest absolute Gasteiger partial charge is 0.481 e. The highest BCUT2D eigenvalue weighted by Crippen LogP contribution is 2.29. The Morgan fingerprint density at radius 2 is 1.75 bits per heavy atom. The number of halogens is 3. The predicted octanol–water partition coefficient (Wildman–Crippen LogP) is 4.61. The van der Waals surface area contributed by atoms with E-state index >= 15 is 0 Å². The van der Waals surface area contributed by atoms with Crippen molar-refractivity contribution in [1.82, 2.24) is 14.8 Å². The maximum atomic E-state index is 12.7. The van der Waals surface area contributed by atoms with E-state index in [2.05, 4.69) is 10.1 Å². The molecule has 0 aliphatic carbocycles. The Bertz CT molecular complexity index is 948. The van der Waals surface area contributed by atoms with Gasteiger partial charge in [-0.3, -0.25) is 4.79 Å². The van der Waals surface area contributed by atoms with Crippen LogP contribution in [0.4, 0.5) is 13.2 Å². The zero-order chi connectivity index (χ0) is 20.3. The number of hydrogen-bond donors (Lipinski definition) is 1. The molecule has 1 atom stereocenters. The first-order valence-electron chi connectivity index (χ1n) is 8.69. The minimum atomic E-state index is -4.38. The molecule has 3 aromatic rings. The van der Waals surface area contributed by atoms with Gasteiger partial charge in [0.2, 0.25) is 0 Å². The molecule has 0 spiro atoms. The van der Waals surface area contributed by atoms with Crippen molar-refractivity contribution in [2.45, 2.75) is 25.9 Å². The molecule has 1 heterocycles. The number of alkyl halides is 3. The van der Waals surface area contributed by atoms with Crippen molar-refractivity contribution in [3.63, 3.8) is 0 Å². The van der Waals surface area contributed by atoms with Crippen LogP contribution in [0.15, 0.2) is 54.9 Å². The quantitative estimate of drug-likeness (QED) is 0.669. The fourth-order valence-corrected chi connectivity index (χ4v) is 2.80. The van der Waals surface area contributed by atoms with Gasteiger partial charge in [0.15, 0.2) is 5.82 Å². The summed E-state index contributed by atoms with van der Waals surface area (Å²) in [5.74, 6) is -0.817. The molecule has 8 heteroatoms. The number of benzene rings is 2. The zero-order valence-electron chi connectivity index (χ0n) is 15.0. The Morgan fingerprint density at radius 1 is 1.11 bits per heavy atom. The molecule has 1 aromatic heterocycles. The van der Waals surface area contributed by atoms with E-state index in [9.17, 15) is 18.0 Å². The van der Waals surface area contributed by atoms with Gasteiger partial charge in [-0.05, 0) is 42.7 Å². The molecule has 0 aliphatic rings. The normalized spacial score (nSPS) is 12.7. The summed E-state index contributed by atoms with van der Waals surface area (Å²) >= 11 is 0. The van der Waals surface area contributed by atoms with Crippen molar-refractivity contribution < 1.29 is 23.1 Å². The van der Waals surface area contributed by atoms with Crippen LogP contribution in [0, 0.1) is 5.92 Å². The molecule has 1 N–H and O–H groups in total. The van der Waals surface area contributed by atoms with Crippen LogP contribution in [-0.4, -0.2) is 25.8 Å². The average Bonchev–Trinajstić information content (AvgIpc) is 3.16. The van der Waals surface area contributed by atoms with Crippen molar-refractivity contribution in [1.29, 1.82) is 0 Å². The lowest BCUT2D eigenvalue weighted by Crippen LogP contribution is -2.15. The number of carboxylic acids is 1. The third-order valence-electron chi connectivity index (χ3n) is 4.49. The summed E-state index contributed by atoms with van der Waals surface area (Å²) in [6.45, 7) is 1.84. The second-order valence-electron chi connectivity index (χ2n) is 6.40. The van der Waals surface area contributed by atoms with Crippen LogP contribution in [0.3, 0.4) is 0 Å². The molecule has 5 nitrogen and oxygen atoms in total. The first-order chi connectivity index (χ1) is 13.3. The minimum absolute atomic E-state index is 0.428. The fourth-order valence-electron chi connectivity index (χ4n) is 2.80. The van der Waals surface area contributed by atoms with Crippen LogP contribution in [0.5, 0.6) is 0 Å². The number of aromatic nitrogens is 3. The number of aliphatic carboxylic acids is 1. The summed E-state index contributed by atoms with van der Waals surface area (Å²) in [7, 11) is 0. The fraction of sp³-hybridized carbons (Fsp3) is 0.250. The predicted molar refractivity (Wildman–Crippen MR) is 96.9 cm³/mol. The molecule has 0 aliphatic heterocycles. The van der Waals surface area contributed by atoms with E-state index in [-0.39, 0.29) is 0 Å². The van der Waals surface area contributed by atoms with Gasteiger partial charge >= 0.3 is 12.1 Å². The standard InChI is InChI=1S/C20H18F3N3O2/c1-2-14(19(27)28)11-13-3-5-15(6-4-13)18-24-12-26(25-18)17-9-7-16(8-10-17)20(21,22)23/h3-10,12,14H,2,11H2,1H3,(H,27,28). The van der Waals surface area contributed by atoms with Crippen molar-refractivity contribution >= 4 is 5.97 Å². The van der Waals surface area contributed by atoms with Gasteiger partial charge in [0.25, 0.3) is 0 Å². The van der Waals surface area contributed by atoms with E-state index in [1.54, 1.807) is 12.1 Å². The van der Waals surface area contributed by atoms with Crippen LogP contribution >= 0.6 is 0 Å². The van der Waals surface area contributed by atoms with Gasteiger partial charge < -0.3 is 5.11 Å². The van der Waals surface area contributed by atoms with Crippen LogP contribution in [0.2, 0.25) is 0 Å². The Labute approximate surface area is 159 Å². The minimum Gasteiger partial charge on any atom is -0.481 e. The molecule has 0 amide bonds. The molecule has 0 saturated carbocycles. The topological polar surface area (TPSA) is 68.0 Å². The van der Waals surface area contributed by atoms with Crippen LogP contribution in [0.25, 0.3) is 17.1 Å².